The van der Waals surface area contributed by atoms with E-state index >= 15 is 0 Å². The van der Waals surface area contributed by atoms with E-state index in [2.05, 4.69) is 60.8 Å². The van der Waals surface area contributed by atoms with Crippen molar-refractivity contribution >= 4 is 40.2 Å². The summed E-state index contributed by atoms with van der Waals surface area (Å²) in [6, 6.07) is 22.5. The number of ketones is 1. The van der Waals surface area contributed by atoms with Gasteiger partial charge in [-0.1, -0.05) is 56.3 Å². The van der Waals surface area contributed by atoms with Gasteiger partial charge in [0.1, 0.15) is 0 Å². The average molecular weight is 362 g/mol. The van der Waals surface area contributed by atoms with Crippen LogP contribution in [0.1, 0.15) is 25.3 Å². The van der Waals surface area contributed by atoms with Crippen molar-refractivity contribution in [2.75, 3.05) is 11.2 Å². The highest BCUT2D eigenvalue weighted by Gasteiger charge is 2.02. The van der Waals surface area contributed by atoms with E-state index in [4.69, 9.17) is 0 Å². The third-order valence-corrected chi connectivity index (χ3v) is 5.11. The first-order chi connectivity index (χ1) is 12.6. The number of nitrogens with zero attached hydrogens (tertiary/aromatic N) is 1. The summed E-state index contributed by atoms with van der Waals surface area (Å²) in [5.41, 5.74) is 5.10. The second-order valence-electron chi connectivity index (χ2n) is 6.41. The number of hydrogen-bond acceptors (Lipinski definition) is 4. The number of benzene rings is 3. The summed E-state index contributed by atoms with van der Waals surface area (Å²) >= 11 is 1.53. The van der Waals surface area contributed by atoms with Crippen molar-refractivity contribution in [3.05, 3.63) is 72.3 Å². The zero-order chi connectivity index (χ0) is 18.4. The van der Waals surface area contributed by atoms with Gasteiger partial charge in [-0.05, 0) is 46.5 Å². The van der Waals surface area contributed by atoms with Gasteiger partial charge in [-0.25, -0.2) is 0 Å². The number of fused-ring (bicyclic) bond motifs is 1. The Balaban J connectivity index is 1.50. The summed E-state index contributed by atoms with van der Waals surface area (Å²) in [6.07, 6.45) is 1.35. The van der Waals surface area contributed by atoms with Gasteiger partial charge in [0.25, 0.3) is 0 Å². The summed E-state index contributed by atoms with van der Waals surface area (Å²) in [6.45, 7) is 4.34. The van der Waals surface area contributed by atoms with E-state index in [1.807, 2.05) is 30.3 Å². The molecule has 3 rings (SSSR count). The van der Waals surface area contributed by atoms with Gasteiger partial charge < -0.3 is 0 Å². The minimum Gasteiger partial charge on any atom is -0.292 e. The molecule has 3 aromatic rings. The Morgan fingerprint density at radius 1 is 1.04 bits per heavy atom. The van der Waals surface area contributed by atoms with Crippen LogP contribution in [-0.4, -0.2) is 17.8 Å². The number of hydrazone groups is 1. The Morgan fingerprint density at radius 2 is 1.77 bits per heavy atom. The first-order valence-corrected chi connectivity index (χ1v) is 9.64. The van der Waals surface area contributed by atoms with Crippen molar-refractivity contribution in [1.82, 2.24) is 0 Å². The highest BCUT2D eigenvalue weighted by molar-refractivity contribution is 8.00. The van der Waals surface area contributed by atoms with Crippen LogP contribution in [-0.2, 0) is 4.79 Å². The van der Waals surface area contributed by atoms with Crippen molar-refractivity contribution in [3.63, 3.8) is 0 Å². The van der Waals surface area contributed by atoms with E-state index in [0.29, 0.717) is 11.7 Å². The van der Waals surface area contributed by atoms with E-state index in [1.54, 1.807) is 0 Å². The smallest absolute Gasteiger partial charge is 0.185 e. The molecule has 26 heavy (non-hydrogen) atoms. The number of rotatable bonds is 7. The molecule has 0 saturated carbocycles. The molecule has 0 spiro atoms. The molecule has 0 aliphatic rings. The maximum Gasteiger partial charge on any atom is 0.185 e. The Kier molecular flexibility index (Phi) is 6.08. The predicted octanol–water partition coefficient (Wildman–Crippen LogP) is 5.72. The second kappa shape index (κ2) is 8.68. The van der Waals surface area contributed by atoms with Crippen LogP contribution < -0.4 is 5.43 Å². The van der Waals surface area contributed by atoms with Gasteiger partial charge in [0.05, 0.1) is 17.7 Å². The van der Waals surface area contributed by atoms with Crippen LogP contribution >= 0.6 is 11.8 Å². The lowest BCUT2D eigenvalue weighted by molar-refractivity contribution is -0.110. The first kappa shape index (κ1) is 18.2. The van der Waals surface area contributed by atoms with Crippen LogP contribution in [0, 0.1) is 0 Å². The fourth-order valence-electron chi connectivity index (χ4n) is 2.58. The SMILES string of the molecule is CC(C)c1ccc(SCC(=O)C=NNc2ccc3ccccc3c2)cc1. The number of nitrogens with one attached hydrogen (secondary N) is 1. The molecule has 0 unspecified atom stereocenters. The fourth-order valence-corrected chi connectivity index (χ4v) is 3.29. The first-order valence-electron chi connectivity index (χ1n) is 8.65. The predicted molar refractivity (Wildman–Crippen MR) is 112 cm³/mol. The van der Waals surface area contributed by atoms with E-state index in [-0.39, 0.29) is 5.78 Å². The standard InChI is InChI=1S/C22H22N2OS/c1-16(2)17-8-11-22(12-9-17)26-15-21(25)14-23-24-20-10-7-18-5-3-4-6-19(18)13-20/h3-14,16,24H,15H2,1-2H3. The summed E-state index contributed by atoms with van der Waals surface area (Å²) in [7, 11) is 0. The molecule has 132 valence electrons. The van der Waals surface area contributed by atoms with Crippen LogP contribution in [0.3, 0.4) is 0 Å². The Labute approximate surface area is 158 Å². The number of carbonyl (C=O) groups excluding carboxylic acids is 1. The molecule has 0 aliphatic heterocycles. The zero-order valence-electron chi connectivity index (χ0n) is 15.0. The molecular weight excluding hydrogens is 340 g/mol. The van der Waals surface area contributed by atoms with Crippen LogP contribution in [0.15, 0.2) is 76.7 Å². The van der Waals surface area contributed by atoms with Crippen molar-refractivity contribution in [3.8, 4) is 0 Å². The van der Waals surface area contributed by atoms with Crippen molar-refractivity contribution < 1.29 is 4.79 Å². The van der Waals surface area contributed by atoms with E-state index < -0.39 is 0 Å². The van der Waals surface area contributed by atoms with Gasteiger partial charge >= 0.3 is 0 Å². The Morgan fingerprint density at radius 3 is 2.50 bits per heavy atom. The van der Waals surface area contributed by atoms with Crippen molar-refractivity contribution in [2.24, 2.45) is 5.10 Å². The molecule has 0 fully saturated rings. The van der Waals surface area contributed by atoms with Gasteiger partial charge in [0.2, 0.25) is 0 Å². The van der Waals surface area contributed by atoms with Gasteiger partial charge in [0.15, 0.2) is 5.78 Å². The number of thioether (sulfide) groups is 1. The van der Waals surface area contributed by atoms with Crippen molar-refractivity contribution in [1.29, 1.82) is 0 Å². The molecule has 4 heteroatoms. The number of anilines is 1. The third kappa shape index (κ3) is 4.96. The molecule has 0 heterocycles. The molecule has 0 saturated heterocycles. The van der Waals surface area contributed by atoms with Gasteiger partial charge in [-0.15, -0.1) is 11.8 Å². The van der Waals surface area contributed by atoms with Gasteiger partial charge in [-0.2, -0.15) is 5.10 Å². The lowest BCUT2D eigenvalue weighted by atomic mass is 10.0. The molecule has 0 bridgehead atoms. The number of carbonyl (C=O) groups is 1. The van der Waals surface area contributed by atoms with Crippen LogP contribution in [0.25, 0.3) is 10.8 Å². The summed E-state index contributed by atoms with van der Waals surface area (Å²) in [5, 5.41) is 6.38. The molecule has 0 aromatic heterocycles. The van der Waals surface area contributed by atoms with Crippen LogP contribution in [0.5, 0.6) is 0 Å². The topological polar surface area (TPSA) is 41.5 Å². The maximum atomic E-state index is 12.0. The fraction of sp³-hybridized carbons (Fsp3) is 0.182. The molecule has 3 nitrogen and oxygen atoms in total. The van der Waals surface area contributed by atoms with Crippen LogP contribution in [0.2, 0.25) is 0 Å². The van der Waals surface area contributed by atoms with Crippen LogP contribution in [0.4, 0.5) is 5.69 Å². The van der Waals surface area contributed by atoms with Gasteiger partial charge in [0, 0.05) is 4.90 Å². The largest absolute Gasteiger partial charge is 0.292 e. The number of hydrogen-bond donors (Lipinski definition) is 1. The quantitative estimate of drug-likeness (QED) is 0.332. The Bertz CT molecular complexity index is 917. The lowest BCUT2D eigenvalue weighted by Crippen LogP contribution is -2.04. The highest BCUT2D eigenvalue weighted by Crippen LogP contribution is 2.22. The molecule has 0 amide bonds. The second-order valence-corrected chi connectivity index (χ2v) is 7.46. The normalized spacial score (nSPS) is 11.3. The lowest BCUT2D eigenvalue weighted by Gasteiger charge is -2.06. The molecule has 0 radical (unpaired) electrons. The monoisotopic (exact) mass is 362 g/mol. The highest BCUT2D eigenvalue weighted by atomic mass is 32.2. The molecule has 0 aliphatic carbocycles. The minimum atomic E-state index is -0.0174. The summed E-state index contributed by atoms with van der Waals surface area (Å²) < 4.78 is 0. The minimum absolute atomic E-state index is 0.0174. The summed E-state index contributed by atoms with van der Waals surface area (Å²) in [5.74, 6) is 0.879. The van der Waals surface area contributed by atoms with Crippen molar-refractivity contribution in [2.45, 2.75) is 24.7 Å². The zero-order valence-corrected chi connectivity index (χ0v) is 15.8. The summed E-state index contributed by atoms with van der Waals surface area (Å²) in [4.78, 5) is 13.1. The third-order valence-electron chi connectivity index (χ3n) is 4.08. The van der Waals surface area contributed by atoms with Gasteiger partial charge in [-0.3, -0.25) is 10.2 Å². The number of Topliss-reactive ketones (excluding diaryl/α,β-unsaturated/α-hetero) is 1. The van der Waals surface area contributed by atoms with E-state index in [1.165, 1.54) is 28.9 Å². The molecular formula is C22H22N2OS. The Hall–Kier alpha value is -2.59. The molecule has 3 aromatic carbocycles. The molecule has 0 atom stereocenters. The van der Waals surface area contributed by atoms with E-state index in [9.17, 15) is 4.79 Å². The maximum absolute atomic E-state index is 12.0. The average Bonchev–Trinajstić information content (AvgIpc) is 2.66. The van der Waals surface area contributed by atoms with E-state index in [0.717, 1.165) is 16.0 Å². The molecule has 1 N–H and O–H groups in total.